The summed E-state index contributed by atoms with van der Waals surface area (Å²) in [5.74, 6) is 0.885. The predicted molar refractivity (Wildman–Crippen MR) is 116 cm³/mol. The van der Waals surface area contributed by atoms with E-state index >= 15 is 0 Å². The molecule has 0 aliphatic carbocycles. The number of carbonyl (C=O) groups is 1. The highest BCUT2D eigenvalue weighted by molar-refractivity contribution is 5.88. The van der Waals surface area contributed by atoms with Gasteiger partial charge in [0.1, 0.15) is 11.9 Å². The highest BCUT2D eigenvalue weighted by Crippen LogP contribution is 2.30. The van der Waals surface area contributed by atoms with Gasteiger partial charge in [-0.3, -0.25) is 9.78 Å². The lowest BCUT2D eigenvalue weighted by molar-refractivity contribution is -0.133. The second-order valence-electron chi connectivity index (χ2n) is 7.77. The minimum atomic E-state index is -0.436. The molecule has 0 spiro atoms. The van der Waals surface area contributed by atoms with Gasteiger partial charge in [0.25, 0.3) is 0 Å². The van der Waals surface area contributed by atoms with Crippen molar-refractivity contribution >= 4 is 16.8 Å². The number of amides is 1. The van der Waals surface area contributed by atoms with E-state index < -0.39 is 6.04 Å². The maximum atomic E-state index is 12.0. The van der Waals surface area contributed by atoms with Crippen molar-refractivity contribution in [2.75, 3.05) is 13.1 Å². The molecule has 5 heteroatoms. The fourth-order valence-corrected chi connectivity index (χ4v) is 3.99. The van der Waals surface area contributed by atoms with Crippen LogP contribution < -0.4 is 10.5 Å². The highest BCUT2D eigenvalue weighted by atomic mass is 16.5. The molecule has 0 saturated carbocycles. The van der Waals surface area contributed by atoms with E-state index in [1.165, 1.54) is 11.1 Å². The van der Waals surface area contributed by atoms with Crippen LogP contribution in [0.2, 0.25) is 0 Å². The van der Waals surface area contributed by atoms with Crippen LogP contribution in [0.4, 0.5) is 0 Å². The Bertz CT molecular complexity index is 1010. The summed E-state index contributed by atoms with van der Waals surface area (Å²) in [6.45, 7) is 5.25. The molecule has 1 amide bonds. The minimum Gasteiger partial charge on any atom is -0.490 e. The molecule has 0 radical (unpaired) electrons. The van der Waals surface area contributed by atoms with Gasteiger partial charge in [0.15, 0.2) is 0 Å². The van der Waals surface area contributed by atoms with Crippen LogP contribution in [-0.2, 0) is 4.79 Å². The molecular formula is C24H27N3O2. The summed E-state index contributed by atoms with van der Waals surface area (Å²) in [7, 11) is 0. The molecular weight excluding hydrogens is 362 g/mol. The molecule has 1 unspecified atom stereocenters. The molecule has 2 N–H and O–H groups in total. The lowest BCUT2D eigenvalue weighted by Crippen LogP contribution is -2.47. The molecule has 1 atom stereocenters. The molecule has 5 nitrogen and oxygen atoms in total. The molecule has 1 fully saturated rings. The van der Waals surface area contributed by atoms with Gasteiger partial charge >= 0.3 is 0 Å². The first-order valence-corrected chi connectivity index (χ1v) is 10.2. The molecule has 1 aliphatic rings. The first-order chi connectivity index (χ1) is 14.0. The van der Waals surface area contributed by atoms with Crippen LogP contribution in [0, 0.1) is 6.92 Å². The number of fused-ring (bicyclic) bond motifs is 1. The van der Waals surface area contributed by atoms with Gasteiger partial charge in [0.05, 0.1) is 11.6 Å². The van der Waals surface area contributed by atoms with Crippen LogP contribution in [0.3, 0.4) is 0 Å². The number of likely N-dealkylation sites (tertiary alicyclic amines) is 1. The van der Waals surface area contributed by atoms with Crippen molar-refractivity contribution in [3.05, 3.63) is 60.3 Å². The molecule has 29 heavy (non-hydrogen) atoms. The molecule has 150 valence electrons. The van der Waals surface area contributed by atoms with Crippen molar-refractivity contribution in [3.8, 4) is 16.9 Å². The van der Waals surface area contributed by atoms with Crippen molar-refractivity contribution in [1.82, 2.24) is 9.88 Å². The fraction of sp³-hybridized carbons (Fsp3) is 0.333. The van der Waals surface area contributed by atoms with Gasteiger partial charge in [-0.05, 0) is 48.7 Å². The quantitative estimate of drug-likeness (QED) is 0.734. The van der Waals surface area contributed by atoms with Gasteiger partial charge in [-0.2, -0.15) is 0 Å². The molecule has 1 aromatic heterocycles. The Balaban J connectivity index is 1.43. The third kappa shape index (κ3) is 4.10. The molecule has 0 bridgehead atoms. The predicted octanol–water partition coefficient (Wildman–Crippen LogP) is 3.93. The standard InChI is InChI=1S/C24H27N3O2/c1-16-22(10-7-19-4-3-13-26-23(16)19)18-5-8-20(9-6-18)29-21-11-14-27(15-12-21)24(28)17(2)25/h3-10,13,17,21H,11-12,14-15,25H2,1-2H3. The van der Waals surface area contributed by atoms with Gasteiger partial charge < -0.3 is 15.4 Å². The van der Waals surface area contributed by atoms with Crippen molar-refractivity contribution in [1.29, 1.82) is 0 Å². The number of nitrogens with two attached hydrogens (primary N) is 1. The summed E-state index contributed by atoms with van der Waals surface area (Å²) in [6, 6.07) is 16.1. The zero-order valence-electron chi connectivity index (χ0n) is 17.0. The first-order valence-electron chi connectivity index (χ1n) is 10.2. The second-order valence-corrected chi connectivity index (χ2v) is 7.77. The topological polar surface area (TPSA) is 68.5 Å². The number of ether oxygens (including phenoxy) is 1. The zero-order chi connectivity index (χ0) is 20.4. The summed E-state index contributed by atoms with van der Waals surface area (Å²) >= 11 is 0. The maximum absolute atomic E-state index is 12.0. The van der Waals surface area contributed by atoms with E-state index in [-0.39, 0.29) is 12.0 Å². The Hall–Kier alpha value is -2.92. The second kappa shape index (κ2) is 8.21. The number of nitrogens with zero attached hydrogens (tertiary/aromatic N) is 2. The van der Waals surface area contributed by atoms with E-state index in [4.69, 9.17) is 10.5 Å². The van der Waals surface area contributed by atoms with E-state index in [0.717, 1.165) is 35.1 Å². The fourth-order valence-electron chi connectivity index (χ4n) is 3.99. The van der Waals surface area contributed by atoms with Crippen molar-refractivity contribution in [2.24, 2.45) is 5.73 Å². The van der Waals surface area contributed by atoms with Gasteiger partial charge in [0, 0.05) is 37.5 Å². The average molecular weight is 389 g/mol. The van der Waals surface area contributed by atoms with Crippen LogP contribution >= 0.6 is 0 Å². The smallest absolute Gasteiger partial charge is 0.239 e. The summed E-state index contributed by atoms with van der Waals surface area (Å²) < 4.78 is 6.15. The first kappa shape index (κ1) is 19.4. The normalized spacial score (nSPS) is 16.0. The summed E-state index contributed by atoms with van der Waals surface area (Å²) in [5, 5.41) is 1.16. The van der Waals surface area contributed by atoms with E-state index in [2.05, 4.69) is 42.2 Å². The Labute approximate surface area is 171 Å². The number of piperidine rings is 1. The zero-order valence-corrected chi connectivity index (χ0v) is 17.0. The number of carbonyl (C=O) groups excluding carboxylic acids is 1. The number of aryl methyl sites for hydroxylation is 1. The van der Waals surface area contributed by atoms with Gasteiger partial charge in [-0.25, -0.2) is 0 Å². The summed E-state index contributed by atoms with van der Waals surface area (Å²) in [5.41, 5.74) is 10.3. The largest absolute Gasteiger partial charge is 0.490 e. The van der Waals surface area contributed by atoms with E-state index in [0.29, 0.717) is 13.1 Å². The van der Waals surface area contributed by atoms with Gasteiger partial charge in [0.2, 0.25) is 5.91 Å². The molecule has 2 aromatic carbocycles. The SMILES string of the molecule is Cc1c(-c2ccc(OC3CCN(C(=O)C(C)N)CC3)cc2)ccc2cccnc12. The average Bonchev–Trinajstić information content (AvgIpc) is 2.75. The van der Waals surface area contributed by atoms with Crippen LogP contribution in [0.25, 0.3) is 22.0 Å². The summed E-state index contributed by atoms with van der Waals surface area (Å²) in [4.78, 5) is 18.4. The van der Waals surface area contributed by atoms with Crippen LogP contribution in [0.15, 0.2) is 54.7 Å². The number of rotatable bonds is 4. The Morgan fingerprint density at radius 2 is 1.86 bits per heavy atom. The van der Waals surface area contributed by atoms with Crippen molar-refractivity contribution in [2.45, 2.75) is 38.8 Å². The van der Waals surface area contributed by atoms with Crippen molar-refractivity contribution < 1.29 is 9.53 Å². The molecule has 1 saturated heterocycles. The number of hydrogen-bond donors (Lipinski definition) is 1. The lowest BCUT2D eigenvalue weighted by atomic mass is 9.98. The van der Waals surface area contributed by atoms with E-state index in [9.17, 15) is 4.79 Å². The Morgan fingerprint density at radius 3 is 2.55 bits per heavy atom. The third-order valence-corrected chi connectivity index (χ3v) is 5.64. The molecule has 1 aliphatic heterocycles. The van der Waals surface area contributed by atoms with Gasteiger partial charge in [-0.1, -0.05) is 30.3 Å². The molecule has 4 rings (SSSR count). The number of aromatic nitrogens is 1. The number of pyridine rings is 1. The van der Waals surface area contributed by atoms with Crippen molar-refractivity contribution in [3.63, 3.8) is 0 Å². The third-order valence-electron chi connectivity index (χ3n) is 5.64. The lowest BCUT2D eigenvalue weighted by Gasteiger charge is -2.33. The Kier molecular flexibility index (Phi) is 5.49. The maximum Gasteiger partial charge on any atom is 0.239 e. The molecule has 2 heterocycles. The van der Waals surface area contributed by atoms with E-state index in [1.807, 2.05) is 29.3 Å². The van der Waals surface area contributed by atoms with Gasteiger partial charge in [-0.15, -0.1) is 0 Å². The van der Waals surface area contributed by atoms with Crippen LogP contribution in [-0.4, -0.2) is 41.0 Å². The highest BCUT2D eigenvalue weighted by Gasteiger charge is 2.25. The van der Waals surface area contributed by atoms with Crippen LogP contribution in [0.5, 0.6) is 5.75 Å². The number of benzene rings is 2. The van der Waals surface area contributed by atoms with E-state index in [1.54, 1.807) is 6.92 Å². The number of hydrogen-bond acceptors (Lipinski definition) is 4. The minimum absolute atomic E-state index is 0.0213. The monoisotopic (exact) mass is 389 g/mol. The summed E-state index contributed by atoms with van der Waals surface area (Å²) in [6.07, 6.45) is 3.62. The Morgan fingerprint density at radius 1 is 1.14 bits per heavy atom. The molecule has 3 aromatic rings. The van der Waals surface area contributed by atoms with Crippen LogP contribution in [0.1, 0.15) is 25.3 Å².